The van der Waals surface area contributed by atoms with Gasteiger partial charge in [-0.3, -0.25) is 14.4 Å². The molecule has 3 aliphatic rings. The number of hydrogen-bond acceptors (Lipinski definition) is 14. The molecule has 8 rings (SSSR count). The Balaban J connectivity index is 0.919. The van der Waals surface area contributed by atoms with Gasteiger partial charge < -0.3 is 41.1 Å². The number of piperidine rings is 1. The van der Waals surface area contributed by atoms with Crippen molar-refractivity contribution in [1.29, 1.82) is 0 Å². The van der Waals surface area contributed by atoms with Crippen LogP contribution in [-0.4, -0.2) is 97.6 Å². The number of likely N-dealkylation sites (tertiary alicyclic amines) is 1. The summed E-state index contributed by atoms with van der Waals surface area (Å²) in [5.41, 5.74) is 10.6. The van der Waals surface area contributed by atoms with Crippen molar-refractivity contribution in [2.24, 2.45) is 15.6 Å². The van der Waals surface area contributed by atoms with E-state index in [1.807, 2.05) is 61.5 Å². The average Bonchev–Trinajstić information content (AvgIpc) is 3.70. The number of aromatic hydroxyl groups is 1. The van der Waals surface area contributed by atoms with E-state index in [1.54, 1.807) is 44.5 Å². The molecule has 1 saturated carbocycles. The fourth-order valence-corrected chi connectivity index (χ4v) is 8.92. The minimum absolute atomic E-state index is 0.00560. The fraction of sp³-hybridized carbons (Fsp3) is 0.404. The SMILES string of the molecule is Cc1ncsc1-c1ccc(CNC(=O)[C@H]2C[C@H](O)CN2C(=O)[C@@H](NC(=O)C2(F)CC2)C(C)(C)C)c(/N=N/c2ccc(OC3CCN(c4cc(-c5ccccc5O)nnc4N)CC3)cc2)c1. The zero-order valence-electron chi connectivity index (χ0n) is 36.7. The monoisotopic (exact) mass is 904 g/mol. The first-order chi connectivity index (χ1) is 31.1. The molecular formula is C47H53FN10O6S. The summed E-state index contributed by atoms with van der Waals surface area (Å²) in [6, 6.07) is 19.7. The molecule has 0 bridgehead atoms. The molecule has 0 spiro atoms. The number of β-amino-alcohol motifs (C(OH)–C–C–N with tert-alkyl or cyclic N) is 1. The van der Waals surface area contributed by atoms with E-state index in [-0.39, 0.29) is 44.2 Å². The predicted octanol–water partition coefficient (Wildman–Crippen LogP) is 6.94. The van der Waals surface area contributed by atoms with Gasteiger partial charge in [0, 0.05) is 51.0 Å². The summed E-state index contributed by atoms with van der Waals surface area (Å²) in [7, 11) is 0. The molecule has 2 saturated heterocycles. The zero-order chi connectivity index (χ0) is 46.0. The molecule has 3 atom stereocenters. The van der Waals surface area contributed by atoms with Crippen molar-refractivity contribution >= 4 is 51.9 Å². The van der Waals surface area contributed by atoms with Crippen LogP contribution in [0.5, 0.6) is 11.5 Å². The van der Waals surface area contributed by atoms with Crippen LogP contribution in [0.2, 0.25) is 0 Å². The van der Waals surface area contributed by atoms with Crippen LogP contribution < -0.4 is 26.0 Å². The molecule has 2 aromatic heterocycles. The van der Waals surface area contributed by atoms with E-state index >= 15 is 0 Å². The number of nitrogens with one attached hydrogen (secondary N) is 2. The number of amides is 3. The highest BCUT2D eigenvalue weighted by Gasteiger charge is 2.53. The molecular weight excluding hydrogens is 852 g/mol. The number of carbonyl (C=O) groups is 3. The van der Waals surface area contributed by atoms with Gasteiger partial charge in [-0.15, -0.1) is 21.5 Å². The van der Waals surface area contributed by atoms with Gasteiger partial charge in [-0.25, -0.2) is 9.37 Å². The van der Waals surface area contributed by atoms with Crippen LogP contribution in [-0.2, 0) is 20.9 Å². The molecule has 3 aromatic carbocycles. The molecule has 3 amide bonds. The maximum Gasteiger partial charge on any atom is 0.258 e. The lowest BCUT2D eigenvalue weighted by Crippen LogP contribution is -2.59. The maximum absolute atomic E-state index is 14.7. The summed E-state index contributed by atoms with van der Waals surface area (Å²) in [5, 5.41) is 44.1. The number of rotatable bonds is 13. The van der Waals surface area contributed by atoms with Crippen molar-refractivity contribution < 1.29 is 33.7 Å². The molecule has 65 heavy (non-hydrogen) atoms. The number of nitrogen functional groups attached to an aromatic ring is 1. The first kappa shape index (κ1) is 45.1. The number of phenols is 1. The van der Waals surface area contributed by atoms with Crippen LogP contribution in [0.3, 0.4) is 0 Å². The molecule has 0 unspecified atom stereocenters. The quantitative estimate of drug-likeness (QED) is 0.0762. The van der Waals surface area contributed by atoms with Crippen LogP contribution in [0, 0.1) is 12.3 Å². The van der Waals surface area contributed by atoms with Crippen molar-refractivity contribution in [3.63, 3.8) is 0 Å². The largest absolute Gasteiger partial charge is 0.507 e. The van der Waals surface area contributed by atoms with Crippen molar-refractivity contribution in [3.8, 4) is 33.2 Å². The molecule has 3 fully saturated rings. The molecule has 18 heteroatoms. The van der Waals surface area contributed by atoms with E-state index in [9.17, 15) is 29.0 Å². The standard InChI is InChI=1S/C47H53FN10O6S/c1-27-40(65-26-51-27)28-9-10-29(24-50-43(61)38-22-31(59)25-58(38)44(62)41(46(2,3)4)52-45(63)47(48)17-18-47)35(21-28)54-53-30-11-13-32(14-12-30)64-33-15-19-57(20-16-33)37-23-36(55-56-42(37)49)34-7-5-6-8-39(34)60/h5-14,21,23,26,31,33,38,41,59-60H,15-20,22,24-25H2,1-4H3,(H2,49,56)(H,50,61)(H,52,63)/b54-53+/t31-,38+,41+/m0/s1. The predicted molar refractivity (Wildman–Crippen MR) is 245 cm³/mol. The lowest BCUT2D eigenvalue weighted by Gasteiger charge is -2.35. The topological polar surface area (TPSA) is 221 Å². The highest BCUT2D eigenvalue weighted by Crippen LogP contribution is 2.41. The number of aryl methyl sites for hydroxylation is 1. The molecule has 16 nitrogen and oxygen atoms in total. The summed E-state index contributed by atoms with van der Waals surface area (Å²) in [5.74, 6) is -0.748. The van der Waals surface area contributed by atoms with Gasteiger partial charge in [0.15, 0.2) is 11.5 Å². The minimum Gasteiger partial charge on any atom is -0.507 e. The molecule has 5 aromatic rings. The Morgan fingerprint density at radius 3 is 2.45 bits per heavy atom. The number of aliphatic hydroxyl groups is 1. The van der Waals surface area contributed by atoms with Gasteiger partial charge in [0.25, 0.3) is 5.91 Å². The van der Waals surface area contributed by atoms with E-state index in [2.05, 4.69) is 40.9 Å². The number of carbonyl (C=O) groups excluding carboxylic acids is 3. The summed E-state index contributed by atoms with van der Waals surface area (Å²) >= 11 is 1.50. The second-order valence-electron chi connectivity index (χ2n) is 18.0. The highest BCUT2D eigenvalue weighted by molar-refractivity contribution is 7.13. The molecule has 0 radical (unpaired) electrons. The first-order valence-electron chi connectivity index (χ1n) is 21.7. The minimum atomic E-state index is -1.98. The Hall–Kier alpha value is -6.53. The van der Waals surface area contributed by atoms with Crippen molar-refractivity contribution in [1.82, 2.24) is 30.7 Å². The number of thiazole rings is 1. The van der Waals surface area contributed by atoms with Crippen LogP contribution in [0.1, 0.15) is 64.1 Å². The number of phenolic OH excluding ortho intramolecular Hbond substituents is 1. The van der Waals surface area contributed by atoms with E-state index in [0.29, 0.717) is 52.9 Å². The molecule has 340 valence electrons. The maximum atomic E-state index is 14.7. The van der Waals surface area contributed by atoms with Gasteiger partial charge in [0.2, 0.25) is 11.8 Å². The molecule has 2 aliphatic heterocycles. The molecule has 6 N–H and O–H groups in total. The summed E-state index contributed by atoms with van der Waals surface area (Å²) < 4.78 is 21.0. The highest BCUT2D eigenvalue weighted by atomic mass is 32.1. The number of nitrogens with zero attached hydrogens (tertiary/aromatic N) is 7. The van der Waals surface area contributed by atoms with Gasteiger partial charge >= 0.3 is 0 Å². The van der Waals surface area contributed by atoms with E-state index in [1.165, 1.54) is 16.2 Å². The Kier molecular flexibility index (Phi) is 12.8. The van der Waals surface area contributed by atoms with Crippen LogP contribution in [0.15, 0.2) is 88.5 Å². The van der Waals surface area contributed by atoms with E-state index in [4.69, 9.17) is 10.5 Å². The summed E-state index contributed by atoms with van der Waals surface area (Å²) in [6.07, 6.45) is 0.708. The smallest absolute Gasteiger partial charge is 0.258 e. The third kappa shape index (κ3) is 10.2. The van der Waals surface area contributed by atoms with Crippen molar-refractivity contribution in [3.05, 3.63) is 89.6 Å². The van der Waals surface area contributed by atoms with E-state index in [0.717, 1.165) is 34.7 Å². The van der Waals surface area contributed by atoms with Crippen LogP contribution in [0.4, 0.5) is 27.3 Å². The summed E-state index contributed by atoms with van der Waals surface area (Å²) in [4.78, 5) is 49.3. The number of aromatic nitrogens is 3. The third-order valence-electron chi connectivity index (χ3n) is 12.1. The zero-order valence-corrected chi connectivity index (χ0v) is 37.5. The lowest BCUT2D eigenvalue weighted by molar-refractivity contribution is -0.145. The van der Waals surface area contributed by atoms with Gasteiger partial charge in [-0.2, -0.15) is 10.2 Å². The van der Waals surface area contributed by atoms with Crippen molar-refractivity contribution in [2.45, 2.75) is 96.3 Å². The van der Waals surface area contributed by atoms with Crippen LogP contribution in [0.25, 0.3) is 21.7 Å². The number of aliphatic hydroxyl groups excluding tert-OH is 1. The molecule has 1 aliphatic carbocycles. The number of alkyl halides is 1. The van der Waals surface area contributed by atoms with Crippen LogP contribution >= 0.6 is 11.3 Å². The van der Waals surface area contributed by atoms with Crippen molar-refractivity contribution in [2.75, 3.05) is 30.3 Å². The number of hydrogen-bond donors (Lipinski definition) is 5. The number of azo groups is 1. The number of benzene rings is 3. The Morgan fingerprint density at radius 2 is 1.77 bits per heavy atom. The summed E-state index contributed by atoms with van der Waals surface area (Å²) in [6.45, 7) is 8.52. The van der Waals surface area contributed by atoms with E-state index < -0.39 is 47.0 Å². The Labute approximate surface area is 380 Å². The second kappa shape index (κ2) is 18.5. The number of para-hydroxylation sites is 1. The van der Waals surface area contributed by atoms with Gasteiger partial charge in [0.1, 0.15) is 29.7 Å². The number of halogens is 1. The third-order valence-corrected chi connectivity index (χ3v) is 13.0. The van der Waals surface area contributed by atoms with Gasteiger partial charge in [-0.05, 0) is 84.8 Å². The second-order valence-corrected chi connectivity index (χ2v) is 18.8. The van der Waals surface area contributed by atoms with Gasteiger partial charge in [0.05, 0.1) is 44.9 Å². The first-order valence-corrected chi connectivity index (χ1v) is 22.6. The lowest BCUT2D eigenvalue weighted by atomic mass is 9.85. The Bertz CT molecular complexity index is 2590. The molecule has 4 heterocycles. The normalized spacial score (nSPS) is 19.0. The Morgan fingerprint density at radius 1 is 1.03 bits per heavy atom. The van der Waals surface area contributed by atoms with Gasteiger partial charge in [-0.1, -0.05) is 45.0 Å². The fourth-order valence-electron chi connectivity index (χ4n) is 8.12. The average molecular weight is 905 g/mol. The number of ether oxygens (including phenoxy) is 1. The number of nitrogens with two attached hydrogens (primary N) is 1. The number of anilines is 2.